The lowest BCUT2D eigenvalue weighted by Gasteiger charge is -2.32. The van der Waals surface area contributed by atoms with Gasteiger partial charge in [-0.3, -0.25) is 13.9 Å². The number of ether oxygens (including phenoxy) is 1. The molecule has 0 aromatic heterocycles. The number of amides is 2. The molecule has 10 heteroatoms. The monoisotopic (exact) mass is 613 g/mol. The number of sulfonamides is 1. The summed E-state index contributed by atoms with van der Waals surface area (Å²) in [4.78, 5) is 29.0. The summed E-state index contributed by atoms with van der Waals surface area (Å²) in [6.45, 7) is 4.84. The fourth-order valence-corrected chi connectivity index (χ4v) is 5.78. The number of nitrogens with one attached hydrogen (secondary N) is 1. The maximum absolute atomic E-state index is 13.9. The van der Waals surface area contributed by atoms with Crippen LogP contribution in [-0.2, 0) is 32.6 Å². The molecule has 226 valence electrons. The summed E-state index contributed by atoms with van der Waals surface area (Å²) in [5.74, 6) is 0.224. The van der Waals surface area contributed by atoms with Crippen molar-refractivity contribution in [1.82, 2.24) is 10.2 Å². The Labute approximate surface area is 254 Å². The fraction of sp³-hybridized carbons (Fsp3) is 0.375. The Morgan fingerprint density at radius 1 is 0.952 bits per heavy atom. The van der Waals surface area contributed by atoms with Crippen LogP contribution in [0.2, 0.25) is 5.02 Å². The van der Waals surface area contributed by atoms with Crippen LogP contribution >= 0.6 is 11.6 Å². The van der Waals surface area contributed by atoms with Gasteiger partial charge in [0.2, 0.25) is 21.8 Å². The molecule has 0 fully saturated rings. The second kappa shape index (κ2) is 15.6. The number of benzene rings is 3. The molecular weight excluding hydrogens is 574 g/mol. The van der Waals surface area contributed by atoms with E-state index in [4.69, 9.17) is 16.3 Å². The Morgan fingerprint density at radius 2 is 1.57 bits per heavy atom. The van der Waals surface area contributed by atoms with Gasteiger partial charge in [-0.2, -0.15) is 0 Å². The Morgan fingerprint density at radius 3 is 2.12 bits per heavy atom. The summed E-state index contributed by atoms with van der Waals surface area (Å²) in [5.41, 5.74) is 2.21. The van der Waals surface area contributed by atoms with Crippen LogP contribution in [0.25, 0.3) is 0 Å². The van der Waals surface area contributed by atoms with Crippen molar-refractivity contribution in [3.63, 3.8) is 0 Å². The fourth-order valence-electron chi connectivity index (χ4n) is 4.57. The molecule has 0 saturated heterocycles. The van der Waals surface area contributed by atoms with Crippen LogP contribution in [0.15, 0.2) is 78.9 Å². The van der Waals surface area contributed by atoms with Crippen molar-refractivity contribution >= 4 is 39.1 Å². The maximum atomic E-state index is 13.9. The van der Waals surface area contributed by atoms with E-state index in [-0.39, 0.29) is 48.7 Å². The van der Waals surface area contributed by atoms with Crippen molar-refractivity contribution in [3.05, 3.63) is 95.0 Å². The minimum atomic E-state index is -3.66. The molecule has 1 N–H and O–H groups in total. The summed E-state index contributed by atoms with van der Waals surface area (Å²) in [7, 11) is -2.18. The van der Waals surface area contributed by atoms with E-state index in [0.717, 1.165) is 17.4 Å². The van der Waals surface area contributed by atoms with E-state index in [1.165, 1.54) is 17.5 Å². The number of methoxy groups -OCH3 is 1. The maximum Gasteiger partial charge on any atom is 0.243 e. The summed E-state index contributed by atoms with van der Waals surface area (Å²) in [5, 5.41) is 3.29. The summed E-state index contributed by atoms with van der Waals surface area (Å²) < 4.78 is 31.8. The normalized spacial score (nSPS) is 12.0. The van der Waals surface area contributed by atoms with Gasteiger partial charge in [0.15, 0.2) is 0 Å². The largest absolute Gasteiger partial charge is 0.495 e. The number of hydrogen-bond acceptors (Lipinski definition) is 5. The first-order chi connectivity index (χ1) is 20.0. The standard InChI is InChI=1S/C32H40ClN3O5S/c1-24(2)22-34-32(38)29(20-25-12-7-5-8-13-25)35(23-26-14-9-6-10-15-26)31(37)16-11-19-36(42(4,39)40)27-17-18-30(41-3)28(33)21-27/h5-10,12-15,17-18,21,24,29H,11,16,19-20,22-23H2,1-4H3,(H,34,38). The molecule has 3 rings (SSSR count). The van der Waals surface area contributed by atoms with Gasteiger partial charge in [-0.1, -0.05) is 86.1 Å². The molecule has 3 aromatic rings. The second-order valence-corrected chi connectivity index (χ2v) is 12.9. The molecule has 0 heterocycles. The average Bonchev–Trinajstić information content (AvgIpc) is 2.96. The molecule has 0 bridgehead atoms. The molecule has 1 atom stereocenters. The summed E-state index contributed by atoms with van der Waals surface area (Å²) in [6.07, 6.45) is 1.75. The number of halogens is 1. The van der Waals surface area contributed by atoms with Gasteiger partial charge in [0.1, 0.15) is 11.8 Å². The van der Waals surface area contributed by atoms with Gasteiger partial charge >= 0.3 is 0 Å². The SMILES string of the molecule is COc1ccc(N(CCCC(=O)N(Cc2ccccc2)C(Cc2ccccc2)C(=O)NCC(C)C)S(C)(=O)=O)cc1Cl. The van der Waals surface area contributed by atoms with E-state index >= 15 is 0 Å². The zero-order valence-electron chi connectivity index (χ0n) is 24.6. The van der Waals surface area contributed by atoms with Gasteiger partial charge in [0.05, 0.1) is 24.1 Å². The highest BCUT2D eigenvalue weighted by Crippen LogP contribution is 2.30. The van der Waals surface area contributed by atoms with Crippen molar-refractivity contribution in [2.24, 2.45) is 5.92 Å². The van der Waals surface area contributed by atoms with E-state index in [9.17, 15) is 18.0 Å². The van der Waals surface area contributed by atoms with E-state index in [1.54, 1.807) is 17.0 Å². The minimum Gasteiger partial charge on any atom is -0.495 e. The molecular formula is C32H40ClN3O5S. The molecule has 8 nitrogen and oxygen atoms in total. The van der Waals surface area contributed by atoms with Crippen molar-refractivity contribution in [3.8, 4) is 5.75 Å². The molecule has 0 aliphatic heterocycles. The molecule has 0 aliphatic rings. The van der Waals surface area contributed by atoms with Crippen molar-refractivity contribution in [2.45, 2.75) is 45.7 Å². The Hall–Kier alpha value is -3.56. The zero-order valence-corrected chi connectivity index (χ0v) is 26.2. The van der Waals surface area contributed by atoms with Gasteiger partial charge in [-0.25, -0.2) is 8.42 Å². The van der Waals surface area contributed by atoms with Crippen LogP contribution in [0.3, 0.4) is 0 Å². The van der Waals surface area contributed by atoms with Gasteiger partial charge in [0.25, 0.3) is 0 Å². The van der Waals surface area contributed by atoms with Gasteiger partial charge in [0, 0.05) is 32.5 Å². The van der Waals surface area contributed by atoms with E-state index in [1.807, 2.05) is 74.5 Å². The average molecular weight is 614 g/mol. The Balaban J connectivity index is 1.86. The van der Waals surface area contributed by atoms with Crippen LogP contribution in [-0.4, -0.2) is 57.6 Å². The molecule has 0 radical (unpaired) electrons. The third-order valence-corrected chi connectivity index (χ3v) is 8.22. The molecule has 42 heavy (non-hydrogen) atoms. The van der Waals surface area contributed by atoms with Crippen LogP contribution in [0.5, 0.6) is 5.75 Å². The number of hydrogen-bond donors (Lipinski definition) is 1. The highest BCUT2D eigenvalue weighted by molar-refractivity contribution is 7.92. The van der Waals surface area contributed by atoms with Gasteiger partial charge in [-0.05, 0) is 41.7 Å². The lowest BCUT2D eigenvalue weighted by atomic mass is 10.0. The van der Waals surface area contributed by atoms with Crippen LogP contribution in [0.4, 0.5) is 5.69 Å². The first kappa shape index (κ1) is 32.9. The van der Waals surface area contributed by atoms with Crippen LogP contribution in [0, 0.1) is 5.92 Å². The third-order valence-electron chi connectivity index (χ3n) is 6.73. The highest BCUT2D eigenvalue weighted by atomic mass is 35.5. The lowest BCUT2D eigenvalue weighted by Crippen LogP contribution is -2.51. The van der Waals surface area contributed by atoms with E-state index in [0.29, 0.717) is 24.4 Å². The Kier molecular flexibility index (Phi) is 12.2. The van der Waals surface area contributed by atoms with E-state index < -0.39 is 16.1 Å². The number of carbonyl (C=O) groups is 2. The van der Waals surface area contributed by atoms with Crippen molar-refractivity contribution in [1.29, 1.82) is 0 Å². The minimum absolute atomic E-state index is 0.0471. The van der Waals surface area contributed by atoms with Crippen LogP contribution < -0.4 is 14.4 Å². The van der Waals surface area contributed by atoms with Crippen molar-refractivity contribution < 1.29 is 22.7 Å². The number of carbonyl (C=O) groups excluding carboxylic acids is 2. The van der Waals surface area contributed by atoms with Crippen molar-refractivity contribution in [2.75, 3.05) is 30.8 Å². The molecule has 0 aliphatic carbocycles. The molecule has 3 aromatic carbocycles. The predicted octanol–water partition coefficient (Wildman–Crippen LogP) is 5.31. The first-order valence-electron chi connectivity index (χ1n) is 14.0. The molecule has 0 saturated carbocycles. The summed E-state index contributed by atoms with van der Waals surface area (Å²) in [6, 6.07) is 23.2. The number of anilines is 1. The second-order valence-electron chi connectivity index (χ2n) is 10.6. The molecule has 1 unspecified atom stereocenters. The smallest absolute Gasteiger partial charge is 0.243 e. The van der Waals surface area contributed by atoms with Crippen LogP contribution in [0.1, 0.15) is 37.8 Å². The van der Waals surface area contributed by atoms with Gasteiger partial charge in [-0.15, -0.1) is 0 Å². The summed E-state index contributed by atoms with van der Waals surface area (Å²) >= 11 is 6.26. The van der Waals surface area contributed by atoms with Gasteiger partial charge < -0.3 is 15.0 Å². The number of rotatable bonds is 15. The zero-order chi connectivity index (χ0) is 30.7. The lowest BCUT2D eigenvalue weighted by molar-refractivity contribution is -0.141. The Bertz CT molecular complexity index is 1420. The predicted molar refractivity (Wildman–Crippen MR) is 168 cm³/mol. The number of nitrogens with zero attached hydrogens (tertiary/aromatic N) is 2. The van der Waals surface area contributed by atoms with E-state index in [2.05, 4.69) is 5.32 Å². The highest BCUT2D eigenvalue weighted by Gasteiger charge is 2.30. The third kappa shape index (κ3) is 9.77. The quantitative estimate of drug-likeness (QED) is 0.251. The molecule has 2 amide bonds. The molecule has 0 spiro atoms. The first-order valence-corrected chi connectivity index (χ1v) is 16.2. The topological polar surface area (TPSA) is 96.0 Å².